The second-order valence-corrected chi connectivity index (χ2v) is 9.65. The number of nitrogens with one attached hydrogen (secondary N) is 2. The largest absolute Gasteiger partial charge is 0.324 e. The molecule has 2 fully saturated rings. The van der Waals surface area contributed by atoms with Crippen LogP contribution in [0.25, 0.3) is 0 Å². The molecule has 1 spiro atoms. The number of nitrogens with zero attached hydrogens (tertiary/aromatic N) is 1. The molecular formula is C22H20BrN3O3S. The normalized spacial score (nSPS) is 29.5. The Hall–Kier alpha value is -2.16. The van der Waals surface area contributed by atoms with Crippen LogP contribution in [0.4, 0.5) is 11.4 Å². The van der Waals surface area contributed by atoms with E-state index in [2.05, 4.69) is 26.6 Å². The summed E-state index contributed by atoms with van der Waals surface area (Å²) in [7, 11) is 0. The Balaban J connectivity index is 1.66. The average molecular weight is 486 g/mol. The summed E-state index contributed by atoms with van der Waals surface area (Å²) in [5.74, 6) is -1.38. The summed E-state index contributed by atoms with van der Waals surface area (Å²) in [6.45, 7) is 0. The second-order valence-electron chi connectivity index (χ2n) is 7.81. The Bertz CT molecular complexity index is 1080. The zero-order valence-corrected chi connectivity index (χ0v) is 18.6. The third-order valence-electron chi connectivity index (χ3n) is 6.35. The van der Waals surface area contributed by atoms with E-state index >= 15 is 0 Å². The lowest BCUT2D eigenvalue weighted by atomic mass is 9.76. The van der Waals surface area contributed by atoms with Crippen LogP contribution in [-0.2, 0) is 19.9 Å². The molecule has 0 aliphatic carbocycles. The van der Waals surface area contributed by atoms with E-state index in [-0.39, 0.29) is 23.8 Å². The molecule has 0 bridgehead atoms. The number of imide groups is 1. The van der Waals surface area contributed by atoms with Crippen molar-refractivity contribution in [2.24, 2.45) is 11.8 Å². The molecule has 6 nitrogen and oxygen atoms in total. The van der Waals surface area contributed by atoms with E-state index in [9.17, 15) is 14.4 Å². The van der Waals surface area contributed by atoms with Gasteiger partial charge in [-0.05, 0) is 52.6 Å². The number of amides is 3. The number of benzene rings is 2. The Labute approximate surface area is 186 Å². The van der Waals surface area contributed by atoms with Gasteiger partial charge in [0.15, 0.2) is 0 Å². The van der Waals surface area contributed by atoms with E-state index in [1.165, 1.54) is 4.90 Å². The van der Waals surface area contributed by atoms with Crippen LogP contribution in [0.15, 0.2) is 53.0 Å². The fourth-order valence-corrected chi connectivity index (χ4v) is 6.07. The van der Waals surface area contributed by atoms with Gasteiger partial charge in [0.25, 0.3) is 0 Å². The molecule has 30 heavy (non-hydrogen) atoms. The minimum Gasteiger partial charge on any atom is -0.324 e. The molecule has 4 atom stereocenters. The first kappa shape index (κ1) is 19.8. The van der Waals surface area contributed by atoms with Gasteiger partial charge < -0.3 is 5.32 Å². The summed E-state index contributed by atoms with van der Waals surface area (Å²) < 4.78 is 0.672. The Morgan fingerprint density at radius 2 is 1.80 bits per heavy atom. The monoisotopic (exact) mass is 485 g/mol. The molecule has 2 aromatic rings. The first-order valence-corrected chi connectivity index (χ1v) is 12.0. The highest BCUT2D eigenvalue weighted by Crippen LogP contribution is 2.54. The van der Waals surface area contributed by atoms with Gasteiger partial charge in [-0.1, -0.05) is 30.3 Å². The fraction of sp³-hybridized carbons (Fsp3) is 0.318. The van der Waals surface area contributed by atoms with E-state index in [1.807, 2.05) is 36.6 Å². The molecule has 0 unspecified atom stereocenters. The molecule has 0 aromatic heterocycles. The summed E-state index contributed by atoms with van der Waals surface area (Å²) in [5, 5.41) is 6.37. The van der Waals surface area contributed by atoms with Crippen LogP contribution in [0.1, 0.15) is 12.0 Å². The van der Waals surface area contributed by atoms with E-state index in [4.69, 9.17) is 0 Å². The minimum atomic E-state index is -1.23. The SMILES string of the molecule is CSCC[C@@H]1N[C@]2(C(=O)Nc3ccccc32)[C@@H]2C(=O)N(c3ccccc3Br)C(=O)[C@H]12. The van der Waals surface area contributed by atoms with Crippen LogP contribution in [0.3, 0.4) is 0 Å². The lowest BCUT2D eigenvalue weighted by Crippen LogP contribution is -2.53. The molecule has 0 radical (unpaired) electrons. The topological polar surface area (TPSA) is 78.5 Å². The summed E-state index contributed by atoms with van der Waals surface area (Å²) in [6, 6.07) is 14.3. The maximum Gasteiger partial charge on any atom is 0.250 e. The van der Waals surface area contributed by atoms with Crippen molar-refractivity contribution >= 4 is 56.8 Å². The second kappa shape index (κ2) is 7.21. The molecule has 2 N–H and O–H groups in total. The molecule has 8 heteroatoms. The molecule has 3 heterocycles. The quantitative estimate of drug-likeness (QED) is 0.650. The molecule has 3 aliphatic heterocycles. The van der Waals surface area contributed by atoms with Crippen molar-refractivity contribution < 1.29 is 14.4 Å². The van der Waals surface area contributed by atoms with Crippen LogP contribution in [0.2, 0.25) is 0 Å². The zero-order chi connectivity index (χ0) is 21.0. The number of carbonyl (C=O) groups is 3. The highest BCUT2D eigenvalue weighted by molar-refractivity contribution is 9.10. The van der Waals surface area contributed by atoms with Crippen molar-refractivity contribution in [1.82, 2.24) is 5.32 Å². The summed E-state index contributed by atoms with van der Waals surface area (Å²) in [6.07, 6.45) is 2.71. The van der Waals surface area contributed by atoms with Gasteiger partial charge in [0, 0.05) is 21.8 Å². The zero-order valence-electron chi connectivity index (χ0n) is 16.2. The molecule has 5 rings (SSSR count). The number of para-hydroxylation sites is 2. The van der Waals surface area contributed by atoms with Crippen LogP contribution in [-0.4, -0.2) is 35.8 Å². The standard InChI is InChI=1S/C22H20BrN3O3S/c1-30-11-10-15-17-18(20(28)26(19(17)27)16-9-5-3-7-13(16)23)22(25-15)12-6-2-4-8-14(12)24-21(22)29/h2-9,15,17-18,25H,10-11H2,1H3,(H,24,29)/t15-,17+,18-,22-/m0/s1. The van der Waals surface area contributed by atoms with Gasteiger partial charge >= 0.3 is 0 Å². The third-order valence-corrected chi connectivity index (χ3v) is 7.66. The fourth-order valence-electron chi connectivity index (χ4n) is 5.12. The number of fused-ring (bicyclic) bond motifs is 4. The van der Waals surface area contributed by atoms with Crippen LogP contribution in [0, 0.1) is 11.8 Å². The molecule has 2 saturated heterocycles. The van der Waals surface area contributed by atoms with Gasteiger partial charge in [-0.3, -0.25) is 19.7 Å². The predicted octanol–water partition coefficient (Wildman–Crippen LogP) is 3.13. The smallest absolute Gasteiger partial charge is 0.250 e. The van der Waals surface area contributed by atoms with E-state index < -0.39 is 17.4 Å². The lowest BCUT2D eigenvalue weighted by molar-refractivity contribution is -0.130. The lowest BCUT2D eigenvalue weighted by Gasteiger charge is -2.29. The summed E-state index contributed by atoms with van der Waals surface area (Å²) in [4.78, 5) is 41.9. The van der Waals surface area contributed by atoms with Crippen molar-refractivity contribution in [1.29, 1.82) is 0 Å². The van der Waals surface area contributed by atoms with E-state index in [0.717, 1.165) is 11.3 Å². The number of anilines is 2. The molecule has 154 valence electrons. The van der Waals surface area contributed by atoms with Gasteiger partial charge in [-0.2, -0.15) is 11.8 Å². The number of hydrogen-bond donors (Lipinski definition) is 2. The molecule has 3 aliphatic rings. The van der Waals surface area contributed by atoms with Crippen molar-refractivity contribution in [3.63, 3.8) is 0 Å². The Morgan fingerprint density at radius 3 is 2.57 bits per heavy atom. The van der Waals surface area contributed by atoms with Gasteiger partial charge in [0.05, 0.1) is 17.5 Å². The maximum atomic E-state index is 13.7. The molecule has 3 amide bonds. The third kappa shape index (κ3) is 2.57. The van der Waals surface area contributed by atoms with Crippen LogP contribution in [0.5, 0.6) is 0 Å². The Morgan fingerprint density at radius 1 is 1.07 bits per heavy atom. The van der Waals surface area contributed by atoms with E-state index in [0.29, 0.717) is 22.3 Å². The van der Waals surface area contributed by atoms with Crippen LogP contribution < -0.4 is 15.5 Å². The van der Waals surface area contributed by atoms with Gasteiger partial charge in [-0.15, -0.1) is 0 Å². The van der Waals surface area contributed by atoms with Gasteiger partial charge in [-0.25, -0.2) is 4.90 Å². The van der Waals surface area contributed by atoms with E-state index in [1.54, 1.807) is 30.0 Å². The highest BCUT2D eigenvalue weighted by Gasteiger charge is 2.70. The maximum absolute atomic E-state index is 13.7. The first-order valence-electron chi connectivity index (χ1n) is 9.80. The number of rotatable bonds is 4. The Kier molecular flexibility index (Phi) is 4.76. The van der Waals surface area contributed by atoms with Gasteiger partial charge in [0.1, 0.15) is 5.54 Å². The average Bonchev–Trinajstić information content (AvgIpc) is 3.32. The number of hydrogen-bond acceptors (Lipinski definition) is 5. The predicted molar refractivity (Wildman–Crippen MR) is 120 cm³/mol. The van der Waals surface area contributed by atoms with Crippen molar-refractivity contribution in [2.75, 3.05) is 22.2 Å². The van der Waals surface area contributed by atoms with Gasteiger partial charge in [0.2, 0.25) is 17.7 Å². The highest BCUT2D eigenvalue weighted by atomic mass is 79.9. The first-order chi connectivity index (χ1) is 14.5. The number of thioether (sulfide) groups is 1. The minimum absolute atomic E-state index is 0.246. The van der Waals surface area contributed by atoms with Crippen molar-refractivity contribution in [2.45, 2.75) is 18.0 Å². The summed E-state index contributed by atoms with van der Waals surface area (Å²) >= 11 is 5.15. The number of carbonyl (C=O) groups excluding carboxylic acids is 3. The summed E-state index contributed by atoms with van der Waals surface area (Å²) in [5.41, 5.74) is 0.727. The molecule has 2 aromatic carbocycles. The molecule has 0 saturated carbocycles. The molecular weight excluding hydrogens is 466 g/mol. The van der Waals surface area contributed by atoms with Crippen LogP contribution >= 0.6 is 27.7 Å². The van der Waals surface area contributed by atoms with Crippen molar-refractivity contribution in [3.05, 3.63) is 58.6 Å². The number of halogens is 1. The van der Waals surface area contributed by atoms with Crippen molar-refractivity contribution in [3.8, 4) is 0 Å².